The van der Waals surface area contributed by atoms with Gasteiger partial charge in [0.25, 0.3) is 0 Å². The lowest BCUT2D eigenvalue weighted by atomic mass is 10.0. The molecular formula is C11H9FN2O. The van der Waals surface area contributed by atoms with Crippen LogP contribution in [-0.4, -0.2) is 5.16 Å². The van der Waals surface area contributed by atoms with Gasteiger partial charge in [0.05, 0.1) is 11.4 Å². The van der Waals surface area contributed by atoms with E-state index in [1.54, 1.807) is 6.07 Å². The molecule has 0 saturated carbocycles. The lowest BCUT2D eigenvalue weighted by Crippen LogP contribution is -2.09. The van der Waals surface area contributed by atoms with Crippen LogP contribution in [-0.2, 0) is 6.54 Å². The number of nitrogens with one attached hydrogen (secondary N) is 1. The third-order valence-corrected chi connectivity index (χ3v) is 2.68. The van der Waals surface area contributed by atoms with Crippen LogP contribution in [0.25, 0.3) is 11.3 Å². The maximum absolute atomic E-state index is 13.4. The minimum absolute atomic E-state index is 0.257. The quantitative estimate of drug-likeness (QED) is 0.717. The van der Waals surface area contributed by atoms with E-state index in [0.29, 0.717) is 18.0 Å². The highest BCUT2D eigenvalue weighted by molar-refractivity contribution is 5.80. The predicted octanol–water partition coefficient (Wildman–Crippen LogP) is 2.71. The Morgan fingerprint density at radius 2 is 2.33 bits per heavy atom. The van der Waals surface area contributed by atoms with Crippen molar-refractivity contribution in [3.05, 3.63) is 35.3 Å². The Morgan fingerprint density at radius 1 is 1.47 bits per heavy atom. The fourth-order valence-electron chi connectivity index (χ4n) is 1.88. The first-order chi connectivity index (χ1) is 7.27. The van der Waals surface area contributed by atoms with Crippen molar-refractivity contribution in [3.63, 3.8) is 0 Å². The summed E-state index contributed by atoms with van der Waals surface area (Å²) < 4.78 is 18.7. The van der Waals surface area contributed by atoms with Gasteiger partial charge in [-0.05, 0) is 19.1 Å². The molecule has 0 radical (unpaired) electrons. The highest BCUT2D eigenvalue weighted by Gasteiger charge is 2.23. The molecule has 4 heteroatoms. The molecule has 76 valence electrons. The summed E-state index contributed by atoms with van der Waals surface area (Å²) in [6.45, 7) is 2.45. The smallest absolute Gasteiger partial charge is 0.174 e. The van der Waals surface area contributed by atoms with E-state index < -0.39 is 0 Å². The van der Waals surface area contributed by atoms with Crippen molar-refractivity contribution < 1.29 is 8.91 Å². The first-order valence-corrected chi connectivity index (χ1v) is 4.75. The number of benzene rings is 1. The zero-order valence-electron chi connectivity index (χ0n) is 8.17. The Labute approximate surface area is 85.9 Å². The topological polar surface area (TPSA) is 38.1 Å². The third kappa shape index (κ3) is 1.08. The van der Waals surface area contributed by atoms with Gasteiger partial charge in [-0.25, -0.2) is 4.39 Å². The van der Waals surface area contributed by atoms with Crippen LogP contribution in [0.15, 0.2) is 22.7 Å². The lowest BCUT2D eigenvalue weighted by Gasteiger charge is -2.17. The Bertz CT molecular complexity index is 533. The molecule has 0 spiro atoms. The van der Waals surface area contributed by atoms with Crippen LogP contribution in [0.2, 0.25) is 0 Å². The molecule has 0 saturated heterocycles. The second-order valence-corrected chi connectivity index (χ2v) is 3.59. The third-order valence-electron chi connectivity index (χ3n) is 2.68. The van der Waals surface area contributed by atoms with Crippen LogP contribution >= 0.6 is 0 Å². The molecule has 0 unspecified atom stereocenters. The molecule has 2 aromatic rings. The first kappa shape index (κ1) is 8.47. The van der Waals surface area contributed by atoms with E-state index in [0.717, 1.165) is 16.8 Å². The van der Waals surface area contributed by atoms with Crippen LogP contribution in [0.4, 0.5) is 10.1 Å². The molecule has 3 nitrogen and oxygen atoms in total. The van der Waals surface area contributed by atoms with Crippen molar-refractivity contribution >= 4 is 5.69 Å². The van der Waals surface area contributed by atoms with Gasteiger partial charge in [-0.2, -0.15) is 0 Å². The Kier molecular flexibility index (Phi) is 1.59. The molecule has 1 aromatic heterocycles. The Morgan fingerprint density at radius 3 is 3.20 bits per heavy atom. The number of aromatic nitrogens is 1. The molecule has 15 heavy (non-hydrogen) atoms. The van der Waals surface area contributed by atoms with Gasteiger partial charge in [0.1, 0.15) is 5.82 Å². The zero-order valence-corrected chi connectivity index (χ0v) is 8.17. The van der Waals surface area contributed by atoms with Crippen LogP contribution in [0, 0.1) is 12.7 Å². The lowest BCUT2D eigenvalue weighted by molar-refractivity contribution is 0.426. The van der Waals surface area contributed by atoms with Gasteiger partial charge in [-0.3, -0.25) is 0 Å². The number of aryl methyl sites for hydroxylation is 1. The summed E-state index contributed by atoms with van der Waals surface area (Å²) in [6.07, 6.45) is 0. The number of hydrogen-bond acceptors (Lipinski definition) is 3. The molecule has 1 N–H and O–H groups in total. The fraction of sp³-hybridized carbons (Fsp3) is 0.182. The molecule has 3 rings (SSSR count). The Hall–Kier alpha value is -1.84. The minimum Gasteiger partial charge on any atom is -0.378 e. The standard InChI is InChI=1S/C11H9FN2O/c1-6-8-5-13-10-7(11(8)15-14-6)3-2-4-9(10)12/h2-4,13H,5H2,1H3. The molecule has 0 atom stereocenters. The highest BCUT2D eigenvalue weighted by atomic mass is 19.1. The van der Waals surface area contributed by atoms with Crippen LogP contribution in [0.5, 0.6) is 0 Å². The molecule has 0 aliphatic carbocycles. The SMILES string of the molecule is Cc1noc2c1CNc1c(F)cccc1-2. The van der Waals surface area contributed by atoms with Crippen molar-refractivity contribution in [1.29, 1.82) is 0 Å². The van der Waals surface area contributed by atoms with Gasteiger partial charge >= 0.3 is 0 Å². The van der Waals surface area contributed by atoms with Gasteiger partial charge < -0.3 is 9.84 Å². The summed E-state index contributed by atoms with van der Waals surface area (Å²) in [7, 11) is 0. The zero-order chi connectivity index (χ0) is 10.4. The van der Waals surface area contributed by atoms with Crippen LogP contribution < -0.4 is 5.32 Å². The van der Waals surface area contributed by atoms with Crippen molar-refractivity contribution in [3.8, 4) is 11.3 Å². The molecule has 1 aliphatic heterocycles. The fourth-order valence-corrected chi connectivity index (χ4v) is 1.88. The van der Waals surface area contributed by atoms with Crippen molar-refractivity contribution in [2.75, 3.05) is 5.32 Å². The van der Waals surface area contributed by atoms with E-state index in [1.165, 1.54) is 6.07 Å². The number of halogens is 1. The number of anilines is 1. The molecule has 0 amide bonds. The van der Waals surface area contributed by atoms with Crippen LogP contribution in [0.1, 0.15) is 11.3 Å². The molecule has 0 fully saturated rings. The van der Waals surface area contributed by atoms with E-state index in [4.69, 9.17) is 4.52 Å². The molecule has 2 heterocycles. The number of hydrogen-bond donors (Lipinski definition) is 1. The largest absolute Gasteiger partial charge is 0.378 e. The number of nitrogens with zero attached hydrogens (tertiary/aromatic N) is 1. The van der Waals surface area contributed by atoms with Gasteiger partial charge in [0.15, 0.2) is 5.76 Å². The normalized spacial score (nSPS) is 12.9. The maximum Gasteiger partial charge on any atom is 0.174 e. The highest BCUT2D eigenvalue weighted by Crippen LogP contribution is 2.37. The van der Waals surface area contributed by atoms with Gasteiger partial charge in [-0.1, -0.05) is 11.2 Å². The van der Waals surface area contributed by atoms with Crippen molar-refractivity contribution in [2.45, 2.75) is 13.5 Å². The second-order valence-electron chi connectivity index (χ2n) is 3.59. The van der Waals surface area contributed by atoms with E-state index in [2.05, 4.69) is 10.5 Å². The number of rotatable bonds is 0. The molecular weight excluding hydrogens is 195 g/mol. The monoisotopic (exact) mass is 204 g/mol. The summed E-state index contributed by atoms with van der Waals surface area (Å²) >= 11 is 0. The molecule has 1 aromatic carbocycles. The minimum atomic E-state index is -0.257. The van der Waals surface area contributed by atoms with Crippen LogP contribution in [0.3, 0.4) is 0 Å². The van der Waals surface area contributed by atoms with E-state index >= 15 is 0 Å². The summed E-state index contributed by atoms with van der Waals surface area (Å²) in [4.78, 5) is 0. The number of fused-ring (bicyclic) bond motifs is 3. The average Bonchev–Trinajstić information content (AvgIpc) is 2.61. The van der Waals surface area contributed by atoms with Gasteiger partial charge in [-0.15, -0.1) is 0 Å². The van der Waals surface area contributed by atoms with Crippen molar-refractivity contribution in [1.82, 2.24) is 5.16 Å². The molecule has 1 aliphatic rings. The summed E-state index contributed by atoms with van der Waals surface area (Å²) in [5, 5.41) is 6.93. The van der Waals surface area contributed by atoms with E-state index in [1.807, 2.05) is 13.0 Å². The Balaban J connectivity index is 2.30. The van der Waals surface area contributed by atoms with E-state index in [9.17, 15) is 4.39 Å². The summed E-state index contributed by atoms with van der Waals surface area (Å²) in [6, 6.07) is 4.93. The van der Waals surface area contributed by atoms with Crippen molar-refractivity contribution in [2.24, 2.45) is 0 Å². The maximum atomic E-state index is 13.4. The first-order valence-electron chi connectivity index (χ1n) is 4.75. The summed E-state index contributed by atoms with van der Waals surface area (Å²) in [5.41, 5.74) is 3.11. The van der Waals surface area contributed by atoms with E-state index in [-0.39, 0.29) is 5.82 Å². The molecule has 0 bridgehead atoms. The summed E-state index contributed by atoms with van der Waals surface area (Å²) in [5.74, 6) is 0.424. The second kappa shape index (κ2) is 2.82. The van der Waals surface area contributed by atoms with Gasteiger partial charge in [0.2, 0.25) is 0 Å². The number of para-hydroxylation sites is 1. The predicted molar refractivity (Wildman–Crippen MR) is 54.0 cm³/mol. The average molecular weight is 204 g/mol. The van der Waals surface area contributed by atoms with Gasteiger partial charge in [0, 0.05) is 17.7 Å².